The second-order valence-corrected chi connectivity index (χ2v) is 7.58. The molecule has 0 aromatic heterocycles. The molecule has 27 heavy (non-hydrogen) atoms. The highest BCUT2D eigenvalue weighted by Crippen LogP contribution is 2.13. The van der Waals surface area contributed by atoms with Crippen LogP contribution >= 0.6 is 0 Å². The zero-order chi connectivity index (χ0) is 20.2. The Kier molecular flexibility index (Phi) is 18.9. The molecule has 0 saturated carbocycles. The van der Waals surface area contributed by atoms with Crippen molar-refractivity contribution in [2.45, 2.75) is 122 Å². The van der Waals surface area contributed by atoms with Crippen LogP contribution in [0.1, 0.15) is 116 Å². The molecule has 0 radical (unpaired) electrons. The molecule has 2 N–H and O–H groups in total. The summed E-state index contributed by atoms with van der Waals surface area (Å²) in [5.41, 5.74) is 0. The van der Waals surface area contributed by atoms with Crippen LogP contribution < -0.4 is 0 Å². The van der Waals surface area contributed by atoms with Crippen molar-refractivity contribution < 1.29 is 24.5 Å². The van der Waals surface area contributed by atoms with Gasteiger partial charge >= 0.3 is 11.9 Å². The highest BCUT2D eigenvalue weighted by molar-refractivity contribution is 5.80. The topological polar surface area (TPSA) is 83.8 Å². The van der Waals surface area contributed by atoms with Crippen molar-refractivity contribution >= 4 is 11.9 Å². The average Bonchev–Trinajstić information content (AvgIpc) is 2.63. The summed E-state index contributed by atoms with van der Waals surface area (Å²) < 4.78 is 4.87. The van der Waals surface area contributed by atoms with Crippen LogP contribution in [0.4, 0.5) is 0 Å². The number of rotatable bonds is 20. The Bertz CT molecular complexity index is 357. The number of aliphatic hydroxyl groups excluding tert-OH is 1. The van der Waals surface area contributed by atoms with Crippen molar-refractivity contribution in [2.24, 2.45) is 0 Å². The van der Waals surface area contributed by atoms with Crippen LogP contribution in [0, 0.1) is 0 Å². The Hall–Kier alpha value is -1.10. The summed E-state index contributed by atoms with van der Waals surface area (Å²) in [5.74, 6) is -2.04. The average molecular weight is 387 g/mol. The third-order valence-electron chi connectivity index (χ3n) is 4.88. The van der Waals surface area contributed by atoms with Crippen LogP contribution in [0.3, 0.4) is 0 Å². The number of esters is 1. The summed E-state index contributed by atoms with van der Waals surface area (Å²) in [4.78, 5) is 21.7. The zero-order valence-corrected chi connectivity index (χ0v) is 17.4. The Balaban J connectivity index is 3.19. The first-order valence-corrected chi connectivity index (χ1v) is 11.1. The Morgan fingerprint density at radius 1 is 0.704 bits per heavy atom. The monoisotopic (exact) mass is 386 g/mol. The molecule has 0 heterocycles. The summed E-state index contributed by atoms with van der Waals surface area (Å²) in [5, 5.41) is 17.8. The lowest BCUT2D eigenvalue weighted by Crippen LogP contribution is -2.26. The van der Waals surface area contributed by atoms with Crippen LogP contribution in [0.5, 0.6) is 0 Å². The highest BCUT2D eigenvalue weighted by Gasteiger charge is 2.19. The van der Waals surface area contributed by atoms with Gasteiger partial charge in [-0.2, -0.15) is 0 Å². The normalized spacial score (nSPS) is 12.1. The number of hydrogen-bond donors (Lipinski definition) is 2. The van der Waals surface area contributed by atoms with Gasteiger partial charge in [0.25, 0.3) is 0 Å². The number of aliphatic carboxylic acids is 1. The third-order valence-corrected chi connectivity index (χ3v) is 4.88. The van der Waals surface area contributed by atoms with Gasteiger partial charge in [-0.1, -0.05) is 103 Å². The number of aliphatic hydroxyl groups is 1. The van der Waals surface area contributed by atoms with E-state index in [-0.39, 0.29) is 6.61 Å². The van der Waals surface area contributed by atoms with E-state index in [1.807, 2.05) is 0 Å². The lowest BCUT2D eigenvalue weighted by molar-refractivity contribution is -0.158. The smallest absolute Gasteiger partial charge is 0.335 e. The Morgan fingerprint density at radius 2 is 1.07 bits per heavy atom. The van der Waals surface area contributed by atoms with E-state index in [1.54, 1.807) is 0 Å². The lowest BCUT2D eigenvalue weighted by atomic mass is 10.0. The minimum Gasteiger partial charge on any atom is -0.481 e. The number of hydrogen-bond acceptors (Lipinski definition) is 4. The van der Waals surface area contributed by atoms with Gasteiger partial charge in [-0.3, -0.25) is 4.79 Å². The maximum absolute atomic E-state index is 11.3. The van der Waals surface area contributed by atoms with Crippen LogP contribution in [0.2, 0.25) is 0 Å². The van der Waals surface area contributed by atoms with Crippen molar-refractivity contribution in [2.75, 3.05) is 6.61 Å². The first kappa shape index (κ1) is 25.9. The predicted octanol–water partition coefficient (Wildman–Crippen LogP) is 5.63. The van der Waals surface area contributed by atoms with Gasteiger partial charge in [-0.05, 0) is 6.42 Å². The third kappa shape index (κ3) is 19.5. The number of ether oxygens (including phenoxy) is 1. The van der Waals surface area contributed by atoms with Crippen molar-refractivity contribution in [1.29, 1.82) is 0 Å². The molecular formula is C22H42O5. The van der Waals surface area contributed by atoms with Gasteiger partial charge in [0.2, 0.25) is 0 Å². The van der Waals surface area contributed by atoms with Gasteiger partial charge in [0.1, 0.15) is 0 Å². The molecule has 0 aromatic carbocycles. The SMILES string of the molecule is CCCCCCCCCCCCCCCCCCOC(=O)C(O)CC(=O)O. The molecule has 0 aliphatic carbocycles. The van der Waals surface area contributed by atoms with Crippen molar-refractivity contribution in [1.82, 2.24) is 0 Å². The van der Waals surface area contributed by atoms with E-state index in [0.717, 1.165) is 19.3 Å². The summed E-state index contributed by atoms with van der Waals surface area (Å²) in [6.45, 7) is 2.52. The number of carboxylic acid groups (broad SMARTS) is 1. The minimum absolute atomic E-state index is 0.258. The van der Waals surface area contributed by atoms with Gasteiger partial charge in [-0.25, -0.2) is 4.79 Å². The number of unbranched alkanes of at least 4 members (excludes halogenated alkanes) is 15. The Morgan fingerprint density at radius 3 is 1.44 bits per heavy atom. The fourth-order valence-corrected chi connectivity index (χ4v) is 3.17. The van der Waals surface area contributed by atoms with E-state index in [0.29, 0.717) is 0 Å². The second kappa shape index (κ2) is 19.7. The molecule has 1 atom stereocenters. The zero-order valence-electron chi connectivity index (χ0n) is 17.4. The fraction of sp³-hybridized carbons (Fsp3) is 0.909. The molecule has 1 unspecified atom stereocenters. The largest absolute Gasteiger partial charge is 0.481 e. The van der Waals surface area contributed by atoms with Crippen molar-refractivity contribution in [3.8, 4) is 0 Å². The van der Waals surface area contributed by atoms with E-state index in [1.165, 1.54) is 83.5 Å². The molecule has 0 bridgehead atoms. The quantitative estimate of drug-likeness (QED) is 0.209. The summed E-state index contributed by atoms with van der Waals surface area (Å²) in [7, 11) is 0. The molecule has 0 saturated heterocycles. The lowest BCUT2D eigenvalue weighted by Gasteiger charge is -2.08. The summed E-state index contributed by atoms with van der Waals surface area (Å²) in [6, 6.07) is 0. The van der Waals surface area contributed by atoms with E-state index in [4.69, 9.17) is 9.84 Å². The maximum Gasteiger partial charge on any atom is 0.335 e. The van der Waals surface area contributed by atoms with Crippen LogP contribution in [-0.4, -0.2) is 34.9 Å². The molecule has 0 rings (SSSR count). The molecule has 0 spiro atoms. The maximum atomic E-state index is 11.3. The van der Waals surface area contributed by atoms with Gasteiger partial charge in [0, 0.05) is 0 Å². The van der Waals surface area contributed by atoms with E-state index in [2.05, 4.69) is 6.92 Å². The van der Waals surface area contributed by atoms with Gasteiger partial charge in [0.05, 0.1) is 13.0 Å². The van der Waals surface area contributed by atoms with E-state index >= 15 is 0 Å². The summed E-state index contributed by atoms with van der Waals surface area (Å²) >= 11 is 0. The molecule has 0 aromatic rings. The first-order valence-electron chi connectivity index (χ1n) is 11.1. The molecule has 160 valence electrons. The molecule has 0 amide bonds. The standard InChI is InChI=1S/C22H42O5/c1-2-3-4-5-6-7-8-9-10-11-12-13-14-15-16-17-18-27-22(26)20(23)19-21(24)25/h20,23H,2-19H2,1H3,(H,24,25). The Labute approximate surface area is 165 Å². The molecular weight excluding hydrogens is 344 g/mol. The molecule has 0 aliphatic rings. The molecule has 5 heteroatoms. The van der Waals surface area contributed by atoms with Crippen LogP contribution in [-0.2, 0) is 14.3 Å². The molecule has 5 nitrogen and oxygen atoms in total. The van der Waals surface area contributed by atoms with Crippen molar-refractivity contribution in [3.05, 3.63) is 0 Å². The minimum atomic E-state index is -1.55. The second-order valence-electron chi connectivity index (χ2n) is 7.58. The van der Waals surface area contributed by atoms with Crippen molar-refractivity contribution in [3.63, 3.8) is 0 Å². The van der Waals surface area contributed by atoms with Gasteiger partial charge in [-0.15, -0.1) is 0 Å². The van der Waals surface area contributed by atoms with Gasteiger partial charge < -0.3 is 14.9 Å². The number of carbonyl (C=O) groups excluding carboxylic acids is 1. The van der Waals surface area contributed by atoms with Crippen LogP contribution in [0.25, 0.3) is 0 Å². The van der Waals surface area contributed by atoms with Crippen LogP contribution in [0.15, 0.2) is 0 Å². The number of carbonyl (C=O) groups is 2. The predicted molar refractivity (Wildman–Crippen MR) is 109 cm³/mol. The highest BCUT2D eigenvalue weighted by atomic mass is 16.5. The number of carboxylic acids is 1. The first-order chi connectivity index (χ1) is 13.1. The molecule has 0 aliphatic heterocycles. The van der Waals surface area contributed by atoms with E-state index < -0.39 is 24.5 Å². The summed E-state index contributed by atoms with van der Waals surface area (Å²) in [6.07, 6.45) is 18.4. The fourth-order valence-electron chi connectivity index (χ4n) is 3.17. The molecule has 0 fully saturated rings. The van der Waals surface area contributed by atoms with Gasteiger partial charge in [0.15, 0.2) is 6.10 Å². The van der Waals surface area contributed by atoms with E-state index in [9.17, 15) is 14.7 Å².